The van der Waals surface area contributed by atoms with Gasteiger partial charge in [-0.3, -0.25) is 10.1 Å². The van der Waals surface area contributed by atoms with Gasteiger partial charge >= 0.3 is 0 Å². The Bertz CT molecular complexity index is 475. The molecule has 2 N–H and O–H groups in total. The molecule has 1 atom stereocenters. The van der Waals surface area contributed by atoms with Gasteiger partial charge in [0.2, 0.25) is 0 Å². The lowest BCUT2D eigenvalue weighted by Gasteiger charge is -2.21. The molecule has 1 amide bonds. The molecule has 6 heteroatoms. The van der Waals surface area contributed by atoms with E-state index in [1.54, 1.807) is 0 Å². The first-order chi connectivity index (χ1) is 7.85. The van der Waals surface area contributed by atoms with Crippen molar-refractivity contribution in [3.05, 3.63) is 20.8 Å². The summed E-state index contributed by atoms with van der Waals surface area (Å²) >= 11 is 4.91. The van der Waals surface area contributed by atoms with Gasteiger partial charge in [-0.15, -0.1) is 11.3 Å². The van der Waals surface area contributed by atoms with Crippen LogP contribution in [0.4, 0.5) is 0 Å². The monoisotopic (exact) mass is 315 g/mol. The molecule has 17 heavy (non-hydrogen) atoms. The molecule has 0 aliphatic carbocycles. The lowest BCUT2D eigenvalue weighted by atomic mass is 10.1. The zero-order valence-corrected chi connectivity index (χ0v) is 12.3. The summed E-state index contributed by atoms with van der Waals surface area (Å²) in [5.41, 5.74) is -0.114. The van der Waals surface area contributed by atoms with Crippen molar-refractivity contribution in [3.63, 3.8) is 0 Å². The van der Waals surface area contributed by atoms with Crippen LogP contribution in [0.15, 0.2) is 20.9 Å². The Balaban J connectivity index is 2.17. The van der Waals surface area contributed by atoms with Crippen LogP contribution >= 0.6 is 27.3 Å². The van der Waals surface area contributed by atoms with Crippen LogP contribution in [-0.2, 0) is 4.79 Å². The molecule has 1 aromatic rings. The maximum atomic E-state index is 11.8. The molecule has 0 saturated carbocycles. The third-order valence-electron chi connectivity index (χ3n) is 2.10. The summed E-state index contributed by atoms with van der Waals surface area (Å²) in [6, 6.07) is 1.51. The Hall–Kier alpha value is -0.880. The first-order valence-corrected chi connectivity index (χ1v) is 6.93. The molecule has 0 fully saturated rings. The summed E-state index contributed by atoms with van der Waals surface area (Å²) in [5.74, 6) is 0.475. The number of carbonyl (C=O) groups is 1. The van der Waals surface area contributed by atoms with Crippen molar-refractivity contribution in [1.82, 2.24) is 10.6 Å². The Morgan fingerprint density at radius 1 is 1.53 bits per heavy atom. The van der Waals surface area contributed by atoms with Crippen molar-refractivity contribution in [3.8, 4) is 0 Å². The molecule has 1 aliphatic rings. The quantitative estimate of drug-likeness (QED) is 0.836. The normalized spacial score (nSPS) is 20.1. The van der Waals surface area contributed by atoms with E-state index >= 15 is 0 Å². The minimum atomic E-state index is -0.420. The summed E-state index contributed by atoms with van der Waals surface area (Å²) in [7, 11) is 0. The highest BCUT2D eigenvalue weighted by atomic mass is 79.9. The van der Waals surface area contributed by atoms with E-state index in [-0.39, 0.29) is 11.4 Å². The molecule has 0 bridgehead atoms. The van der Waals surface area contributed by atoms with Gasteiger partial charge in [0.05, 0.1) is 0 Å². The zero-order chi connectivity index (χ0) is 12.6. The zero-order valence-electron chi connectivity index (χ0n) is 9.87. The molecule has 0 aromatic carbocycles. The predicted octanol–water partition coefficient (Wildman–Crippen LogP) is 2.43. The van der Waals surface area contributed by atoms with Crippen molar-refractivity contribution in [2.75, 3.05) is 0 Å². The Kier molecular flexibility index (Phi) is 3.27. The van der Waals surface area contributed by atoms with Crippen LogP contribution in [0.1, 0.15) is 31.7 Å². The van der Waals surface area contributed by atoms with Crippen LogP contribution in [0.2, 0.25) is 0 Å². The van der Waals surface area contributed by atoms with Gasteiger partial charge in [-0.25, -0.2) is 4.99 Å². The highest BCUT2D eigenvalue weighted by Gasteiger charge is 2.30. The van der Waals surface area contributed by atoms with Crippen LogP contribution in [0.25, 0.3) is 0 Å². The van der Waals surface area contributed by atoms with Crippen molar-refractivity contribution in [1.29, 1.82) is 0 Å². The average molecular weight is 316 g/mol. The number of guanidine groups is 1. The lowest BCUT2D eigenvalue weighted by molar-refractivity contribution is -0.120. The average Bonchev–Trinajstić information content (AvgIpc) is 2.70. The maximum absolute atomic E-state index is 11.8. The number of nitrogens with one attached hydrogen (secondary N) is 2. The maximum Gasteiger partial charge on any atom is 0.257 e. The standard InChI is InChI=1S/C11H14BrN3OS/c1-11(2,3)15-10-13-8(9(16)14-10)7-4-6(12)5-17-7/h4-5,8H,1-3H3,(H2,13,14,15,16). The first-order valence-electron chi connectivity index (χ1n) is 5.26. The van der Waals surface area contributed by atoms with E-state index in [9.17, 15) is 4.79 Å². The largest absolute Gasteiger partial charge is 0.351 e. The number of nitrogens with zero attached hydrogens (tertiary/aromatic N) is 1. The number of rotatable bonds is 1. The third-order valence-corrected chi connectivity index (χ3v) is 3.84. The number of aliphatic imine (C=N–C) groups is 1. The highest BCUT2D eigenvalue weighted by molar-refractivity contribution is 9.10. The minimum absolute atomic E-state index is 0.0777. The summed E-state index contributed by atoms with van der Waals surface area (Å²) in [4.78, 5) is 17.1. The van der Waals surface area contributed by atoms with Crippen LogP contribution in [0.5, 0.6) is 0 Å². The summed E-state index contributed by atoms with van der Waals surface area (Å²) in [6.45, 7) is 6.07. The predicted molar refractivity (Wildman–Crippen MR) is 73.2 cm³/mol. The third kappa shape index (κ3) is 3.07. The van der Waals surface area contributed by atoms with Crippen molar-refractivity contribution in [2.24, 2.45) is 4.99 Å². The molecule has 0 saturated heterocycles. The molecule has 92 valence electrons. The molecule has 1 unspecified atom stereocenters. The van der Waals surface area contributed by atoms with Gasteiger partial charge < -0.3 is 5.32 Å². The molecule has 1 aromatic heterocycles. The van der Waals surface area contributed by atoms with Crippen molar-refractivity contribution >= 4 is 39.1 Å². The summed E-state index contributed by atoms with van der Waals surface area (Å²) < 4.78 is 0.984. The van der Waals surface area contributed by atoms with Crippen molar-refractivity contribution in [2.45, 2.75) is 32.4 Å². The SMILES string of the molecule is CC(C)(C)NC1=NC(c2cc(Br)cs2)C(=O)N1. The van der Waals surface area contributed by atoms with Gasteiger partial charge in [0.15, 0.2) is 12.0 Å². The van der Waals surface area contributed by atoms with E-state index in [1.165, 1.54) is 11.3 Å². The molecule has 2 rings (SSSR count). The smallest absolute Gasteiger partial charge is 0.257 e. The van der Waals surface area contributed by atoms with E-state index in [1.807, 2.05) is 32.2 Å². The van der Waals surface area contributed by atoms with E-state index in [0.29, 0.717) is 5.96 Å². The van der Waals surface area contributed by atoms with E-state index in [4.69, 9.17) is 0 Å². The van der Waals surface area contributed by atoms with Gasteiger partial charge in [0.25, 0.3) is 5.91 Å². The molecule has 2 heterocycles. The second-order valence-electron chi connectivity index (χ2n) is 4.91. The van der Waals surface area contributed by atoms with Crippen LogP contribution in [-0.4, -0.2) is 17.4 Å². The van der Waals surface area contributed by atoms with E-state index in [2.05, 4.69) is 31.6 Å². The molecule has 0 radical (unpaired) electrons. The summed E-state index contributed by atoms with van der Waals surface area (Å²) in [6.07, 6.45) is 0. The second-order valence-corrected chi connectivity index (χ2v) is 6.77. The summed E-state index contributed by atoms with van der Waals surface area (Å²) in [5, 5.41) is 7.88. The highest BCUT2D eigenvalue weighted by Crippen LogP contribution is 2.29. The Morgan fingerprint density at radius 3 is 2.76 bits per heavy atom. The Morgan fingerprint density at radius 2 is 2.24 bits per heavy atom. The molecule has 1 aliphatic heterocycles. The minimum Gasteiger partial charge on any atom is -0.351 e. The molecular weight excluding hydrogens is 302 g/mol. The first kappa shape index (κ1) is 12.6. The molecular formula is C11H14BrN3OS. The van der Waals surface area contributed by atoms with Gasteiger partial charge in [0.1, 0.15) is 0 Å². The van der Waals surface area contributed by atoms with Gasteiger partial charge in [0, 0.05) is 20.3 Å². The van der Waals surface area contributed by atoms with E-state index < -0.39 is 6.04 Å². The topological polar surface area (TPSA) is 53.5 Å². The van der Waals surface area contributed by atoms with Crippen LogP contribution in [0.3, 0.4) is 0 Å². The van der Waals surface area contributed by atoms with Gasteiger partial charge in [-0.05, 0) is 42.8 Å². The number of amides is 1. The fourth-order valence-corrected chi connectivity index (χ4v) is 2.97. The molecule has 0 spiro atoms. The van der Waals surface area contributed by atoms with Crippen LogP contribution < -0.4 is 10.6 Å². The number of thiophene rings is 1. The lowest BCUT2D eigenvalue weighted by Crippen LogP contribution is -2.46. The number of hydrogen-bond acceptors (Lipinski definition) is 4. The second kappa shape index (κ2) is 4.42. The van der Waals surface area contributed by atoms with Crippen molar-refractivity contribution < 1.29 is 4.79 Å². The van der Waals surface area contributed by atoms with Crippen LogP contribution in [0, 0.1) is 0 Å². The number of halogens is 1. The fourth-order valence-electron chi connectivity index (χ4n) is 1.49. The number of carbonyl (C=O) groups excluding carboxylic acids is 1. The van der Waals surface area contributed by atoms with Gasteiger partial charge in [-0.2, -0.15) is 0 Å². The Labute approximate surface area is 113 Å². The van der Waals surface area contributed by atoms with Gasteiger partial charge in [-0.1, -0.05) is 0 Å². The fraction of sp³-hybridized carbons (Fsp3) is 0.455. The van der Waals surface area contributed by atoms with E-state index in [0.717, 1.165) is 9.35 Å². The molecule has 4 nitrogen and oxygen atoms in total. The number of hydrogen-bond donors (Lipinski definition) is 2.